The Morgan fingerprint density at radius 1 is 1.05 bits per heavy atom. The lowest BCUT2D eigenvalue weighted by Crippen LogP contribution is -2.11. The van der Waals surface area contributed by atoms with Crippen molar-refractivity contribution < 1.29 is 22.4 Å². The van der Waals surface area contributed by atoms with Gasteiger partial charge in [-0.25, -0.2) is 4.39 Å². The van der Waals surface area contributed by atoms with Crippen molar-refractivity contribution in [2.75, 3.05) is 6.61 Å². The Kier molecular flexibility index (Phi) is 3.88. The van der Waals surface area contributed by atoms with Crippen LogP contribution in [0.4, 0.5) is 17.6 Å². The van der Waals surface area contributed by atoms with Crippen molar-refractivity contribution in [2.45, 2.75) is 18.6 Å². The average molecular weight is 311 g/mol. The van der Waals surface area contributed by atoms with Gasteiger partial charge in [-0.15, -0.1) is 0 Å². The highest BCUT2D eigenvalue weighted by atomic mass is 19.4. The number of hydrogen-bond donors (Lipinski definition) is 1. The van der Waals surface area contributed by atoms with Crippen LogP contribution in [0.25, 0.3) is 11.1 Å². The summed E-state index contributed by atoms with van der Waals surface area (Å²) < 4.78 is 51.9. The van der Waals surface area contributed by atoms with Gasteiger partial charge in [-0.05, 0) is 47.4 Å². The molecule has 3 rings (SSSR count). The van der Waals surface area contributed by atoms with E-state index in [0.29, 0.717) is 18.2 Å². The van der Waals surface area contributed by atoms with Gasteiger partial charge in [0.05, 0.1) is 18.2 Å². The van der Waals surface area contributed by atoms with Crippen molar-refractivity contribution in [2.24, 2.45) is 0 Å². The molecule has 2 aromatic rings. The van der Waals surface area contributed by atoms with Crippen LogP contribution in [0.1, 0.15) is 23.6 Å². The quantitative estimate of drug-likeness (QED) is 0.826. The lowest BCUT2D eigenvalue weighted by molar-refractivity contribution is -0.137. The molecule has 6 heteroatoms. The monoisotopic (exact) mass is 311 g/mol. The molecule has 0 bridgehead atoms. The minimum atomic E-state index is -4.57. The molecular formula is C16H13F4NO. The molecule has 0 aromatic heterocycles. The molecule has 2 aromatic carbocycles. The third-order valence-corrected chi connectivity index (χ3v) is 3.58. The molecule has 0 amide bonds. The van der Waals surface area contributed by atoms with Crippen LogP contribution in [0.3, 0.4) is 0 Å². The van der Waals surface area contributed by atoms with E-state index in [-0.39, 0.29) is 11.6 Å². The summed E-state index contributed by atoms with van der Waals surface area (Å²) in [5.74, 6) is -0.905. The van der Waals surface area contributed by atoms with E-state index in [2.05, 4.69) is 5.48 Å². The van der Waals surface area contributed by atoms with Gasteiger partial charge < -0.3 is 4.84 Å². The molecule has 0 radical (unpaired) electrons. The number of benzene rings is 2. The van der Waals surface area contributed by atoms with Crippen molar-refractivity contribution in [1.82, 2.24) is 5.48 Å². The van der Waals surface area contributed by atoms with Crippen LogP contribution in [-0.4, -0.2) is 6.61 Å². The molecule has 116 valence electrons. The third-order valence-electron chi connectivity index (χ3n) is 3.58. The van der Waals surface area contributed by atoms with E-state index in [1.807, 2.05) is 6.07 Å². The first kappa shape index (κ1) is 15.0. The molecule has 0 unspecified atom stereocenters. The molecule has 1 fully saturated rings. The lowest BCUT2D eigenvalue weighted by Gasteiger charge is -2.13. The Morgan fingerprint density at radius 2 is 1.86 bits per heavy atom. The van der Waals surface area contributed by atoms with Crippen LogP contribution < -0.4 is 5.48 Å². The topological polar surface area (TPSA) is 21.3 Å². The standard InChI is InChI=1S/C16H13F4NO/c17-14-8-12(7-13(9-14)16(18,19)20)10-2-1-3-11(6-10)15-4-5-22-21-15/h1-3,6-9,15,21H,4-5H2/t15-/m1/s1. The predicted molar refractivity (Wildman–Crippen MR) is 73.3 cm³/mol. The first-order valence-electron chi connectivity index (χ1n) is 6.79. The minimum absolute atomic E-state index is 0.00408. The molecular weight excluding hydrogens is 298 g/mol. The fraction of sp³-hybridized carbons (Fsp3) is 0.250. The van der Waals surface area contributed by atoms with Crippen LogP contribution in [0, 0.1) is 5.82 Å². The van der Waals surface area contributed by atoms with Crippen molar-refractivity contribution in [3.63, 3.8) is 0 Å². The zero-order chi connectivity index (χ0) is 15.7. The van der Waals surface area contributed by atoms with Crippen LogP contribution in [-0.2, 0) is 11.0 Å². The molecule has 0 saturated carbocycles. The molecule has 1 saturated heterocycles. The number of rotatable bonds is 2. The largest absolute Gasteiger partial charge is 0.416 e. The van der Waals surface area contributed by atoms with E-state index in [4.69, 9.17) is 4.84 Å². The van der Waals surface area contributed by atoms with Gasteiger partial charge in [0.2, 0.25) is 0 Å². The molecule has 0 aliphatic carbocycles. The lowest BCUT2D eigenvalue weighted by atomic mass is 9.97. The third kappa shape index (κ3) is 3.13. The van der Waals surface area contributed by atoms with Crippen molar-refractivity contribution in [3.05, 3.63) is 59.4 Å². The highest BCUT2D eigenvalue weighted by Gasteiger charge is 2.31. The Hall–Kier alpha value is -1.92. The Bertz CT molecular complexity index is 678. The Labute approximate surface area is 124 Å². The summed E-state index contributed by atoms with van der Waals surface area (Å²) in [5.41, 5.74) is 3.49. The van der Waals surface area contributed by atoms with E-state index < -0.39 is 17.6 Å². The van der Waals surface area contributed by atoms with Gasteiger partial charge in [-0.3, -0.25) is 0 Å². The van der Waals surface area contributed by atoms with E-state index in [9.17, 15) is 17.6 Å². The maximum absolute atomic E-state index is 13.5. The fourth-order valence-corrected chi connectivity index (χ4v) is 2.48. The van der Waals surface area contributed by atoms with Crippen molar-refractivity contribution in [3.8, 4) is 11.1 Å². The molecule has 1 atom stereocenters. The average Bonchev–Trinajstić information content (AvgIpc) is 3.00. The summed E-state index contributed by atoms with van der Waals surface area (Å²) in [6.07, 6.45) is -3.80. The van der Waals surface area contributed by atoms with Gasteiger partial charge in [0.15, 0.2) is 0 Å². The molecule has 22 heavy (non-hydrogen) atoms. The Balaban J connectivity index is 2.00. The second-order valence-corrected chi connectivity index (χ2v) is 5.16. The number of alkyl halides is 3. The van der Waals surface area contributed by atoms with E-state index in [1.54, 1.807) is 18.2 Å². The second kappa shape index (κ2) is 5.70. The van der Waals surface area contributed by atoms with Crippen LogP contribution >= 0.6 is 0 Å². The Morgan fingerprint density at radius 3 is 2.55 bits per heavy atom. The first-order chi connectivity index (χ1) is 10.4. The first-order valence-corrected chi connectivity index (χ1v) is 6.79. The second-order valence-electron chi connectivity index (χ2n) is 5.16. The molecule has 1 aliphatic rings. The highest BCUT2D eigenvalue weighted by molar-refractivity contribution is 5.65. The number of halogens is 4. The maximum atomic E-state index is 13.5. The van der Waals surface area contributed by atoms with Gasteiger partial charge in [0, 0.05) is 0 Å². The van der Waals surface area contributed by atoms with E-state index >= 15 is 0 Å². The highest BCUT2D eigenvalue weighted by Crippen LogP contribution is 2.34. The zero-order valence-corrected chi connectivity index (χ0v) is 11.5. The minimum Gasteiger partial charge on any atom is -0.301 e. The van der Waals surface area contributed by atoms with Gasteiger partial charge >= 0.3 is 6.18 Å². The van der Waals surface area contributed by atoms with Crippen LogP contribution in [0.15, 0.2) is 42.5 Å². The maximum Gasteiger partial charge on any atom is 0.416 e. The summed E-state index contributed by atoms with van der Waals surface area (Å²) >= 11 is 0. The SMILES string of the molecule is Fc1cc(-c2cccc([C@H]3CCON3)c2)cc(C(F)(F)F)c1. The zero-order valence-electron chi connectivity index (χ0n) is 11.5. The molecule has 1 aliphatic heterocycles. The predicted octanol–water partition coefficient (Wildman–Crippen LogP) is 4.48. The van der Waals surface area contributed by atoms with Crippen LogP contribution in [0.5, 0.6) is 0 Å². The van der Waals surface area contributed by atoms with Crippen LogP contribution in [0.2, 0.25) is 0 Å². The molecule has 1 heterocycles. The summed E-state index contributed by atoms with van der Waals surface area (Å²) in [5, 5.41) is 0. The number of hydroxylamine groups is 1. The van der Waals surface area contributed by atoms with E-state index in [0.717, 1.165) is 24.1 Å². The number of nitrogens with one attached hydrogen (secondary N) is 1. The summed E-state index contributed by atoms with van der Waals surface area (Å²) in [6.45, 7) is 0.576. The molecule has 1 N–H and O–H groups in total. The summed E-state index contributed by atoms with van der Waals surface area (Å²) in [6, 6.07) is 9.57. The van der Waals surface area contributed by atoms with Crippen molar-refractivity contribution >= 4 is 0 Å². The molecule has 2 nitrogen and oxygen atoms in total. The number of hydrogen-bond acceptors (Lipinski definition) is 2. The smallest absolute Gasteiger partial charge is 0.301 e. The summed E-state index contributed by atoms with van der Waals surface area (Å²) in [4.78, 5) is 5.08. The molecule has 0 spiro atoms. The van der Waals surface area contributed by atoms with E-state index in [1.165, 1.54) is 0 Å². The van der Waals surface area contributed by atoms with Gasteiger partial charge in [-0.1, -0.05) is 18.2 Å². The van der Waals surface area contributed by atoms with Gasteiger partial charge in [-0.2, -0.15) is 18.7 Å². The van der Waals surface area contributed by atoms with Gasteiger partial charge in [0.1, 0.15) is 5.82 Å². The normalized spacial score (nSPS) is 18.6. The summed E-state index contributed by atoms with van der Waals surface area (Å²) in [7, 11) is 0. The van der Waals surface area contributed by atoms with Gasteiger partial charge in [0.25, 0.3) is 0 Å². The van der Waals surface area contributed by atoms with Crippen molar-refractivity contribution in [1.29, 1.82) is 0 Å². The fourth-order valence-electron chi connectivity index (χ4n) is 2.48.